The summed E-state index contributed by atoms with van der Waals surface area (Å²) in [6.07, 6.45) is 5.27. The van der Waals surface area contributed by atoms with Crippen molar-refractivity contribution in [2.75, 3.05) is 6.54 Å². The van der Waals surface area contributed by atoms with Crippen LogP contribution in [-0.4, -0.2) is 28.4 Å². The lowest BCUT2D eigenvalue weighted by atomic mass is 10.1. The fraction of sp³-hybridized carbons (Fsp3) is 0.375. The number of hydrogen-bond acceptors (Lipinski definition) is 3. The third-order valence-electron chi connectivity index (χ3n) is 2.89. The molecular weight excluding hydrogens is 266 g/mol. The molecule has 0 atom stereocenters. The molecule has 0 bridgehead atoms. The van der Waals surface area contributed by atoms with Crippen molar-refractivity contribution in [2.45, 2.75) is 33.3 Å². The van der Waals surface area contributed by atoms with Gasteiger partial charge in [-0.3, -0.25) is 5.10 Å². The number of aromatic amines is 1. The van der Waals surface area contributed by atoms with Gasteiger partial charge in [0.1, 0.15) is 5.60 Å². The molecule has 112 valence electrons. The summed E-state index contributed by atoms with van der Waals surface area (Å²) in [5.41, 5.74) is 2.81. The fourth-order valence-corrected chi connectivity index (χ4v) is 1.94. The molecule has 0 fully saturated rings. The van der Waals surface area contributed by atoms with Crippen LogP contribution in [0, 0.1) is 6.92 Å². The number of aryl methyl sites for hydroxylation is 1. The number of carbonyl (C=O) groups excluding carboxylic acids is 1. The van der Waals surface area contributed by atoms with Crippen molar-refractivity contribution >= 4 is 23.1 Å². The van der Waals surface area contributed by atoms with Gasteiger partial charge in [-0.25, -0.2) is 4.79 Å². The number of H-pyrrole nitrogens is 1. The summed E-state index contributed by atoms with van der Waals surface area (Å²) in [5, 5.41) is 10.7. The number of benzene rings is 1. The molecular formula is C16H21N3O2. The summed E-state index contributed by atoms with van der Waals surface area (Å²) in [7, 11) is 0. The van der Waals surface area contributed by atoms with E-state index in [0.717, 1.165) is 22.0 Å². The predicted molar refractivity (Wildman–Crippen MR) is 84.1 cm³/mol. The smallest absolute Gasteiger partial charge is 0.407 e. The number of aromatic nitrogens is 2. The molecule has 1 heterocycles. The minimum atomic E-state index is -0.475. The Morgan fingerprint density at radius 1 is 1.43 bits per heavy atom. The van der Waals surface area contributed by atoms with Gasteiger partial charge in [0.2, 0.25) is 0 Å². The minimum absolute atomic E-state index is 0.408. The third-order valence-corrected chi connectivity index (χ3v) is 2.89. The van der Waals surface area contributed by atoms with Crippen LogP contribution in [0.4, 0.5) is 4.79 Å². The Balaban J connectivity index is 1.94. The Hall–Kier alpha value is -2.30. The maximum absolute atomic E-state index is 11.5. The van der Waals surface area contributed by atoms with Crippen LogP contribution >= 0.6 is 0 Å². The summed E-state index contributed by atoms with van der Waals surface area (Å²) in [5.74, 6) is 0. The molecule has 1 amide bonds. The van der Waals surface area contributed by atoms with E-state index in [1.165, 1.54) is 0 Å². The molecule has 0 aliphatic rings. The molecule has 5 heteroatoms. The van der Waals surface area contributed by atoms with Crippen LogP contribution in [0.3, 0.4) is 0 Å². The van der Waals surface area contributed by atoms with Crippen molar-refractivity contribution in [2.24, 2.45) is 0 Å². The molecule has 2 aromatic rings. The number of carbonyl (C=O) groups is 1. The largest absolute Gasteiger partial charge is 0.444 e. The highest BCUT2D eigenvalue weighted by Crippen LogP contribution is 2.18. The lowest BCUT2D eigenvalue weighted by molar-refractivity contribution is 0.0534. The molecule has 21 heavy (non-hydrogen) atoms. The Bertz CT molecular complexity index is 666. The van der Waals surface area contributed by atoms with Crippen LogP contribution < -0.4 is 5.32 Å². The summed E-state index contributed by atoms with van der Waals surface area (Å²) in [6, 6.07) is 4.13. The number of ether oxygens (including phenoxy) is 1. The van der Waals surface area contributed by atoms with Crippen LogP contribution in [0.2, 0.25) is 0 Å². The summed E-state index contributed by atoms with van der Waals surface area (Å²) in [6.45, 7) is 7.99. The van der Waals surface area contributed by atoms with E-state index in [4.69, 9.17) is 4.74 Å². The van der Waals surface area contributed by atoms with Crippen molar-refractivity contribution in [3.05, 3.63) is 35.5 Å². The predicted octanol–water partition coefficient (Wildman–Crippen LogP) is 3.41. The Labute approximate surface area is 124 Å². The first-order valence-corrected chi connectivity index (χ1v) is 6.92. The highest BCUT2D eigenvalue weighted by Gasteiger charge is 2.14. The number of nitrogens with one attached hydrogen (secondary N) is 2. The zero-order chi connectivity index (χ0) is 15.5. The molecule has 0 saturated carbocycles. The van der Waals surface area contributed by atoms with E-state index in [2.05, 4.69) is 27.6 Å². The van der Waals surface area contributed by atoms with Gasteiger partial charge in [-0.2, -0.15) is 5.10 Å². The number of amides is 1. The Kier molecular flexibility index (Phi) is 4.31. The molecule has 0 radical (unpaired) electrons. The van der Waals surface area contributed by atoms with Crippen LogP contribution in [0.5, 0.6) is 0 Å². The molecule has 0 saturated heterocycles. The molecule has 1 aromatic heterocycles. The highest BCUT2D eigenvalue weighted by atomic mass is 16.6. The average molecular weight is 287 g/mol. The maximum atomic E-state index is 11.5. The van der Waals surface area contributed by atoms with Gasteiger partial charge >= 0.3 is 6.09 Å². The van der Waals surface area contributed by atoms with Gasteiger partial charge in [-0.05, 0) is 51.0 Å². The van der Waals surface area contributed by atoms with Gasteiger partial charge in [0.25, 0.3) is 0 Å². The zero-order valence-corrected chi connectivity index (χ0v) is 12.9. The number of nitrogens with zero attached hydrogens (tertiary/aromatic N) is 1. The van der Waals surface area contributed by atoms with E-state index in [1.807, 2.05) is 39.8 Å². The fourth-order valence-electron chi connectivity index (χ4n) is 1.94. The molecule has 1 aromatic carbocycles. The normalized spacial score (nSPS) is 12.0. The molecule has 0 unspecified atom stereocenters. The van der Waals surface area contributed by atoms with Crippen LogP contribution in [0.25, 0.3) is 17.0 Å². The molecule has 0 spiro atoms. The second-order valence-electron chi connectivity index (χ2n) is 5.95. The number of hydrogen-bond donors (Lipinski definition) is 2. The highest BCUT2D eigenvalue weighted by molar-refractivity contribution is 5.82. The molecule has 5 nitrogen and oxygen atoms in total. The number of rotatable bonds is 3. The van der Waals surface area contributed by atoms with Crippen molar-refractivity contribution < 1.29 is 9.53 Å². The first kappa shape index (κ1) is 15.1. The van der Waals surface area contributed by atoms with Gasteiger partial charge in [-0.15, -0.1) is 0 Å². The first-order chi connectivity index (χ1) is 9.85. The SMILES string of the molecule is Cc1cc2[nH]ncc2cc1C=CCNC(=O)OC(C)(C)C. The zero-order valence-electron chi connectivity index (χ0n) is 12.9. The Morgan fingerprint density at radius 3 is 2.90 bits per heavy atom. The average Bonchev–Trinajstić information content (AvgIpc) is 2.79. The second-order valence-corrected chi connectivity index (χ2v) is 5.95. The van der Waals surface area contributed by atoms with Crippen LogP contribution in [0.15, 0.2) is 24.4 Å². The third kappa shape index (κ3) is 4.34. The molecule has 2 rings (SSSR count). The lowest BCUT2D eigenvalue weighted by Crippen LogP contribution is -2.32. The standard InChI is InChI=1S/C16H21N3O2/c1-11-8-14-13(10-18-19-14)9-12(11)6-5-7-17-15(20)21-16(2,3)4/h5-6,8-10H,7H2,1-4H3,(H,17,20)(H,18,19). The lowest BCUT2D eigenvalue weighted by Gasteiger charge is -2.19. The topological polar surface area (TPSA) is 67.0 Å². The molecule has 0 aliphatic carbocycles. The van der Waals surface area contributed by atoms with Crippen molar-refractivity contribution in [1.82, 2.24) is 15.5 Å². The first-order valence-electron chi connectivity index (χ1n) is 6.92. The summed E-state index contributed by atoms with van der Waals surface area (Å²) < 4.78 is 5.16. The summed E-state index contributed by atoms with van der Waals surface area (Å²) in [4.78, 5) is 11.5. The van der Waals surface area contributed by atoms with E-state index < -0.39 is 11.7 Å². The monoisotopic (exact) mass is 287 g/mol. The quantitative estimate of drug-likeness (QED) is 0.909. The van der Waals surface area contributed by atoms with Crippen molar-refractivity contribution in [3.8, 4) is 0 Å². The van der Waals surface area contributed by atoms with Gasteiger partial charge < -0.3 is 10.1 Å². The number of fused-ring (bicyclic) bond motifs is 1. The van der Waals surface area contributed by atoms with Gasteiger partial charge in [0.15, 0.2) is 0 Å². The Morgan fingerprint density at radius 2 is 2.19 bits per heavy atom. The maximum Gasteiger partial charge on any atom is 0.407 e. The van der Waals surface area contributed by atoms with Gasteiger partial charge in [0, 0.05) is 11.9 Å². The van der Waals surface area contributed by atoms with E-state index in [-0.39, 0.29) is 0 Å². The van der Waals surface area contributed by atoms with E-state index >= 15 is 0 Å². The summed E-state index contributed by atoms with van der Waals surface area (Å²) >= 11 is 0. The van der Waals surface area contributed by atoms with Crippen molar-refractivity contribution in [1.29, 1.82) is 0 Å². The van der Waals surface area contributed by atoms with E-state index in [1.54, 1.807) is 6.20 Å². The van der Waals surface area contributed by atoms with Gasteiger partial charge in [-0.1, -0.05) is 12.2 Å². The second kappa shape index (κ2) is 5.99. The molecule has 0 aliphatic heterocycles. The molecule has 2 N–H and O–H groups in total. The van der Waals surface area contributed by atoms with E-state index in [0.29, 0.717) is 6.54 Å². The minimum Gasteiger partial charge on any atom is -0.444 e. The van der Waals surface area contributed by atoms with Crippen LogP contribution in [0.1, 0.15) is 31.9 Å². The van der Waals surface area contributed by atoms with Gasteiger partial charge in [0.05, 0.1) is 11.7 Å². The number of alkyl carbamates (subject to hydrolysis) is 1. The van der Waals surface area contributed by atoms with E-state index in [9.17, 15) is 4.79 Å². The van der Waals surface area contributed by atoms with Crippen molar-refractivity contribution in [3.63, 3.8) is 0 Å². The van der Waals surface area contributed by atoms with Crippen LogP contribution in [-0.2, 0) is 4.74 Å².